The van der Waals surface area contributed by atoms with Crippen molar-refractivity contribution in [1.82, 2.24) is 4.90 Å². The maximum atomic E-state index is 11.9. The van der Waals surface area contributed by atoms with Gasteiger partial charge < -0.3 is 10.4 Å². The van der Waals surface area contributed by atoms with Crippen molar-refractivity contribution < 1.29 is 14.7 Å². The Labute approximate surface area is 126 Å². The Bertz CT molecular complexity index is 457. The van der Waals surface area contributed by atoms with E-state index in [1.54, 1.807) is 0 Å². The number of rotatable bonds is 9. The number of amides is 1. The van der Waals surface area contributed by atoms with Crippen LogP contribution in [0.1, 0.15) is 31.7 Å². The molecule has 1 amide bonds. The van der Waals surface area contributed by atoms with E-state index in [1.807, 2.05) is 36.2 Å². The molecule has 2 N–H and O–H groups in total. The Morgan fingerprint density at radius 2 is 1.90 bits per heavy atom. The van der Waals surface area contributed by atoms with Gasteiger partial charge >= 0.3 is 5.97 Å². The second kappa shape index (κ2) is 9.13. The highest BCUT2D eigenvalue weighted by Gasteiger charge is 2.07. The van der Waals surface area contributed by atoms with Crippen LogP contribution in [0.25, 0.3) is 0 Å². The van der Waals surface area contributed by atoms with Crippen LogP contribution in [0.4, 0.5) is 5.69 Å². The fourth-order valence-corrected chi connectivity index (χ4v) is 2.07. The maximum Gasteiger partial charge on any atom is 0.303 e. The molecule has 5 nitrogen and oxygen atoms in total. The summed E-state index contributed by atoms with van der Waals surface area (Å²) in [6.45, 7) is 2.99. The molecule has 5 heteroatoms. The molecule has 0 spiro atoms. The molecule has 0 aliphatic rings. The van der Waals surface area contributed by atoms with Crippen LogP contribution < -0.4 is 5.32 Å². The van der Waals surface area contributed by atoms with Crippen molar-refractivity contribution in [3.63, 3.8) is 0 Å². The van der Waals surface area contributed by atoms with E-state index in [1.165, 1.54) is 5.56 Å². The van der Waals surface area contributed by atoms with E-state index in [0.29, 0.717) is 13.0 Å². The highest BCUT2D eigenvalue weighted by Crippen LogP contribution is 2.11. The van der Waals surface area contributed by atoms with Gasteiger partial charge in [-0.2, -0.15) is 0 Å². The molecule has 0 fully saturated rings. The first kappa shape index (κ1) is 17.2. The summed E-state index contributed by atoms with van der Waals surface area (Å²) in [7, 11) is 1.81. The van der Waals surface area contributed by atoms with Gasteiger partial charge in [-0.1, -0.05) is 25.5 Å². The second-order valence-electron chi connectivity index (χ2n) is 5.23. The molecule has 116 valence electrons. The van der Waals surface area contributed by atoms with Gasteiger partial charge in [0.05, 0.1) is 6.54 Å². The number of hydrogen-bond acceptors (Lipinski definition) is 3. The van der Waals surface area contributed by atoms with E-state index < -0.39 is 5.97 Å². The van der Waals surface area contributed by atoms with Crippen LogP contribution in [0.2, 0.25) is 0 Å². The summed E-state index contributed by atoms with van der Waals surface area (Å²) >= 11 is 0. The molecule has 1 aromatic rings. The number of likely N-dealkylation sites (N-methyl/N-ethyl adjacent to an activating group) is 1. The highest BCUT2D eigenvalue weighted by atomic mass is 16.4. The predicted molar refractivity (Wildman–Crippen MR) is 83.4 cm³/mol. The van der Waals surface area contributed by atoms with E-state index >= 15 is 0 Å². The third-order valence-electron chi connectivity index (χ3n) is 3.12. The summed E-state index contributed by atoms with van der Waals surface area (Å²) in [5.41, 5.74) is 2.06. The van der Waals surface area contributed by atoms with Gasteiger partial charge in [-0.25, -0.2) is 0 Å². The minimum Gasteiger partial charge on any atom is -0.481 e. The normalized spacial score (nSPS) is 10.6. The Hall–Kier alpha value is -1.88. The lowest BCUT2D eigenvalue weighted by atomic mass is 10.1. The molecule has 1 aromatic carbocycles. The lowest BCUT2D eigenvalue weighted by molar-refractivity contribution is -0.137. The zero-order valence-electron chi connectivity index (χ0n) is 12.8. The average molecular weight is 292 g/mol. The predicted octanol–water partition coefficient (Wildman–Crippen LogP) is 2.37. The van der Waals surface area contributed by atoms with E-state index in [4.69, 9.17) is 5.11 Å². The smallest absolute Gasteiger partial charge is 0.303 e. The largest absolute Gasteiger partial charge is 0.481 e. The minimum atomic E-state index is -0.806. The summed E-state index contributed by atoms with van der Waals surface area (Å²) in [4.78, 5) is 24.1. The van der Waals surface area contributed by atoms with Crippen molar-refractivity contribution in [3.05, 3.63) is 29.8 Å². The van der Waals surface area contributed by atoms with Crippen molar-refractivity contribution in [3.8, 4) is 0 Å². The quantitative estimate of drug-likeness (QED) is 0.733. The average Bonchev–Trinajstić information content (AvgIpc) is 2.40. The van der Waals surface area contributed by atoms with Crippen molar-refractivity contribution in [2.24, 2.45) is 0 Å². The molecule has 0 aliphatic heterocycles. The topological polar surface area (TPSA) is 69.6 Å². The first-order chi connectivity index (χ1) is 10.0. The number of carboxylic acid groups (broad SMARTS) is 1. The summed E-state index contributed by atoms with van der Waals surface area (Å²) in [6.07, 6.45) is 2.82. The number of nitrogens with zero attached hydrogens (tertiary/aromatic N) is 1. The molecule has 0 radical (unpaired) electrons. The summed E-state index contributed by atoms with van der Waals surface area (Å²) in [6, 6.07) is 7.87. The van der Waals surface area contributed by atoms with Crippen LogP contribution in [0.3, 0.4) is 0 Å². The Morgan fingerprint density at radius 1 is 1.24 bits per heavy atom. The molecular formula is C16H24N2O3. The Morgan fingerprint density at radius 3 is 2.48 bits per heavy atom. The number of nitrogens with one attached hydrogen (secondary N) is 1. The first-order valence-electron chi connectivity index (χ1n) is 7.30. The zero-order valence-corrected chi connectivity index (χ0v) is 12.8. The first-order valence-corrected chi connectivity index (χ1v) is 7.30. The van der Waals surface area contributed by atoms with Crippen molar-refractivity contribution in [1.29, 1.82) is 0 Å². The fraction of sp³-hybridized carbons (Fsp3) is 0.500. The van der Waals surface area contributed by atoms with Crippen LogP contribution in [0, 0.1) is 0 Å². The van der Waals surface area contributed by atoms with Gasteiger partial charge in [0.2, 0.25) is 5.91 Å². The number of hydrogen-bond donors (Lipinski definition) is 2. The number of carbonyl (C=O) groups is 2. The third-order valence-corrected chi connectivity index (χ3v) is 3.12. The number of anilines is 1. The molecule has 0 saturated carbocycles. The molecule has 21 heavy (non-hydrogen) atoms. The highest BCUT2D eigenvalue weighted by molar-refractivity contribution is 5.92. The SMILES string of the molecule is CCCc1ccc(NC(=O)CN(C)CCCC(=O)O)cc1. The molecule has 0 bridgehead atoms. The standard InChI is InChI=1S/C16H24N2O3/c1-3-5-13-7-9-14(10-8-13)17-15(19)12-18(2)11-4-6-16(20)21/h7-10H,3-6,11-12H2,1-2H3,(H,17,19)(H,20,21). The molecule has 0 aromatic heterocycles. The molecule has 1 rings (SSSR count). The zero-order chi connectivity index (χ0) is 15.7. The van der Waals surface area contributed by atoms with Crippen molar-refractivity contribution in [2.75, 3.05) is 25.5 Å². The summed E-state index contributed by atoms with van der Waals surface area (Å²) in [5.74, 6) is -0.893. The van der Waals surface area contributed by atoms with Crippen molar-refractivity contribution >= 4 is 17.6 Å². The third kappa shape index (κ3) is 7.46. The molecule has 0 aliphatic carbocycles. The van der Waals surface area contributed by atoms with E-state index in [-0.39, 0.29) is 18.9 Å². The van der Waals surface area contributed by atoms with Crippen molar-refractivity contribution in [2.45, 2.75) is 32.6 Å². The van der Waals surface area contributed by atoms with Crippen LogP contribution in [-0.4, -0.2) is 42.0 Å². The van der Waals surface area contributed by atoms with E-state index in [9.17, 15) is 9.59 Å². The van der Waals surface area contributed by atoms with Crippen LogP contribution >= 0.6 is 0 Å². The van der Waals surface area contributed by atoms with Gasteiger partial charge in [-0.05, 0) is 44.1 Å². The summed E-state index contributed by atoms with van der Waals surface area (Å²) in [5, 5.41) is 11.4. The van der Waals surface area contributed by atoms with Gasteiger partial charge in [-0.15, -0.1) is 0 Å². The molecule has 0 unspecified atom stereocenters. The Kier molecular flexibility index (Phi) is 7.46. The van der Waals surface area contributed by atoms with Crippen LogP contribution in [-0.2, 0) is 16.0 Å². The number of benzene rings is 1. The molecular weight excluding hydrogens is 268 g/mol. The van der Waals surface area contributed by atoms with Gasteiger partial charge in [0.1, 0.15) is 0 Å². The lowest BCUT2D eigenvalue weighted by Crippen LogP contribution is -2.31. The number of aliphatic carboxylic acids is 1. The molecule has 0 heterocycles. The maximum absolute atomic E-state index is 11.9. The van der Waals surface area contributed by atoms with Gasteiger partial charge in [0.25, 0.3) is 0 Å². The van der Waals surface area contributed by atoms with Crippen LogP contribution in [0.15, 0.2) is 24.3 Å². The number of carbonyl (C=O) groups excluding carboxylic acids is 1. The van der Waals surface area contributed by atoms with E-state index in [0.717, 1.165) is 18.5 Å². The Balaban J connectivity index is 2.33. The van der Waals surface area contributed by atoms with E-state index in [2.05, 4.69) is 12.2 Å². The summed E-state index contributed by atoms with van der Waals surface area (Å²) < 4.78 is 0. The number of aryl methyl sites for hydroxylation is 1. The fourth-order valence-electron chi connectivity index (χ4n) is 2.07. The van der Waals surface area contributed by atoms with Gasteiger partial charge in [0, 0.05) is 12.1 Å². The lowest BCUT2D eigenvalue weighted by Gasteiger charge is -2.15. The number of carboxylic acids is 1. The van der Waals surface area contributed by atoms with Gasteiger partial charge in [-0.3, -0.25) is 14.5 Å². The monoisotopic (exact) mass is 292 g/mol. The second-order valence-corrected chi connectivity index (χ2v) is 5.23. The minimum absolute atomic E-state index is 0.0870. The van der Waals surface area contributed by atoms with Gasteiger partial charge in [0.15, 0.2) is 0 Å². The molecule has 0 saturated heterocycles. The van der Waals surface area contributed by atoms with Crippen LogP contribution in [0.5, 0.6) is 0 Å². The molecule has 0 atom stereocenters.